The van der Waals surface area contributed by atoms with Gasteiger partial charge in [-0.2, -0.15) is 13.2 Å². The Bertz CT molecular complexity index is 290. The molecule has 0 unspecified atom stereocenters. The van der Waals surface area contributed by atoms with E-state index in [2.05, 4.69) is 12.2 Å². The third-order valence-corrected chi connectivity index (χ3v) is 3.29. The Kier molecular flexibility index (Phi) is 7.29. The monoisotopic (exact) mass is 296 g/mol. The Morgan fingerprint density at radius 1 is 1.25 bits per heavy atom. The molecule has 0 spiro atoms. The minimum Gasteiger partial charge on any atom is -0.368 e. The van der Waals surface area contributed by atoms with E-state index in [1.807, 2.05) is 0 Å². The van der Waals surface area contributed by atoms with E-state index < -0.39 is 18.6 Å². The normalized spacial score (nSPS) is 23.6. The third kappa shape index (κ3) is 7.69. The average molecular weight is 296 g/mol. The fourth-order valence-corrected chi connectivity index (χ4v) is 2.23. The third-order valence-electron chi connectivity index (χ3n) is 3.29. The number of alkyl halides is 3. The second kappa shape index (κ2) is 8.46. The van der Waals surface area contributed by atoms with Crippen molar-refractivity contribution in [1.29, 1.82) is 0 Å². The molecular weight excluding hydrogens is 273 g/mol. The Morgan fingerprint density at radius 2 is 1.90 bits per heavy atom. The van der Waals surface area contributed by atoms with Crippen LogP contribution in [0.1, 0.15) is 39.0 Å². The molecule has 1 aliphatic rings. The van der Waals surface area contributed by atoms with Crippen molar-refractivity contribution in [3.05, 3.63) is 0 Å². The first kappa shape index (κ1) is 17.2. The largest absolute Gasteiger partial charge is 0.405 e. The number of ether oxygens (including phenoxy) is 1. The first-order valence-corrected chi connectivity index (χ1v) is 7.09. The highest BCUT2D eigenvalue weighted by Gasteiger charge is 2.28. The summed E-state index contributed by atoms with van der Waals surface area (Å²) in [5.74, 6) is -0.714. The maximum atomic E-state index is 11.9. The number of nitrogens with one attached hydrogen (secondary N) is 2. The van der Waals surface area contributed by atoms with Crippen molar-refractivity contribution < 1.29 is 22.7 Å². The van der Waals surface area contributed by atoms with Gasteiger partial charge in [-0.15, -0.1) is 0 Å². The predicted octanol–water partition coefficient (Wildman–Crippen LogP) is 1.99. The molecule has 0 aromatic carbocycles. The van der Waals surface area contributed by atoms with E-state index in [4.69, 9.17) is 4.74 Å². The van der Waals surface area contributed by atoms with Crippen LogP contribution in [0.5, 0.6) is 0 Å². The summed E-state index contributed by atoms with van der Waals surface area (Å²) in [6.45, 7) is 1.51. The minimum absolute atomic E-state index is 0.0219. The molecule has 7 heteroatoms. The first-order chi connectivity index (χ1) is 9.40. The van der Waals surface area contributed by atoms with Crippen molar-refractivity contribution in [2.45, 2.75) is 57.3 Å². The van der Waals surface area contributed by atoms with E-state index >= 15 is 0 Å². The molecule has 0 radical (unpaired) electrons. The molecule has 1 rings (SSSR count). The predicted molar refractivity (Wildman–Crippen MR) is 69.4 cm³/mol. The number of amides is 1. The Morgan fingerprint density at radius 3 is 2.45 bits per heavy atom. The molecule has 0 heterocycles. The fraction of sp³-hybridized carbons (Fsp3) is 0.923. The van der Waals surface area contributed by atoms with Gasteiger partial charge in [0.1, 0.15) is 13.2 Å². The number of carbonyl (C=O) groups excluding carboxylic acids is 1. The summed E-state index contributed by atoms with van der Waals surface area (Å²) < 4.78 is 41.0. The second-order valence-corrected chi connectivity index (χ2v) is 5.13. The van der Waals surface area contributed by atoms with Gasteiger partial charge in [0.05, 0.1) is 6.10 Å². The van der Waals surface area contributed by atoms with Crippen LogP contribution in [0.4, 0.5) is 13.2 Å². The molecule has 0 atom stereocenters. The molecule has 0 aromatic rings. The number of carbonyl (C=O) groups is 1. The van der Waals surface area contributed by atoms with Crippen molar-refractivity contribution in [2.24, 2.45) is 0 Å². The Balaban J connectivity index is 2.10. The summed E-state index contributed by atoms with van der Waals surface area (Å²) in [6.07, 6.45) is 0.339. The number of hydrogen-bond acceptors (Lipinski definition) is 3. The van der Waals surface area contributed by atoms with Crippen LogP contribution in [0.3, 0.4) is 0 Å². The van der Waals surface area contributed by atoms with Gasteiger partial charge < -0.3 is 15.4 Å². The van der Waals surface area contributed by atoms with Gasteiger partial charge >= 0.3 is 6.18 Å². The highest BCUT2D eigenvalue weighted by molar-refractivity contribution is 5.77. The van der Waals surface area contributed by atoms with Gasteiger partial charge in [0.25, 0.3) is 0 Å². The van der Waals surface area contributed by atoms with Crippen LogP contribution in [0.2, 0.25) is 0 Å². The standard InChI is InChI=1S/C13H23F3N2O2/c1-2-7-17-10-3-5-11(6-4-10)20-8-12(19)18-9-13(14,15)16/h10-11,17H,2-9H2,1H3,(H,18,19). The minimum atomic E-state index is -4.38. The van der Waals surface area contributed by atoms with Gasteiger partial charge in [0.2, 0.25) is 5.91 Å². The van der Waals surface area contributed by atoms with Crippen molar-refractivity contribution in [3.63, 3.8) is 0 Å². The number of hydrogen-bond donors (Lipinski definition) is 2. The Labute approximate surface area is 117 Å². The molecule has 0 saturated heterocycles. The van der Waals surface area contributed by atoms with Gasteiger partial charge in [0, 0.05) is 6.04 Å². The molecule has 0 aromatic heterocycles. The fourth-order valence-electron chi connectivity index (χ4n) is 2.23. The molecule has 20 heavy (non-hydrogen) atoms. The zero-order valence-electron chi connectivity index (χ0n) is 11.8. The van der Waals surface area contributed by atoms with Crippen molar-refractivity contribution in [3.8, 4) is 0 Å². The van der Waals surface area contributed by atoms with E-state index in [-0.39, 0.29) is 12.7 Å². The lowest BCUT2D eigenvalue weighted by molar-refractivity contribution is -0.142. The van der Waals surface area contributed by atoms with E-state index in [1.165, 1.54) is 0 Å². The summed E-state index contributed by atoms with van der Waals surface area (Å²) in [6, 6.07) is 0.494. The summed E-state index contributed by atoms with van der Waals surface area (Å²) in [5.41, 5.74) is 0. The highest BCUT2D eigenvalue weighted by Crippen LogP contribution is 2.21. The van der Waals surface area contributed by atoms with Gasteiger partial charge in [0.15, 0.2) is 0 Å². The SMILES string of the molecule is CCCNC1CCC(OCC(=O)NCC(F)(F)F)CC1. The molecule has 1 aliphatic carbocycles. The van der Waals surface area contributed by atoms with Crippen LogP contribution in [0, 0.1) is 0 Å². The maximum Gasteiger partial charge on any atom is 0.405 e. The van der Waals surface area contributed by atoms with Crippen LogP contribution in [-0.2, 0) is 9.53 Å². The van der Waals surface area contributed by atoms with Gasteiger partial charge in [-0.3, -0.25) is 4.79 Å². The van der Waals surface area contributed by atoms with Crippen LogP contribution in [0.15, 0.2) is 0 Å². The van der Waals surface area contributed by atoms with Crippen LogP contribution in [0.25, 0.3) is 0 Å². The zero-order chi connectivity index (χ0) is 15.0. The quantitative estimate of drug-likeness (QED) is 0.755. The smallest absolute Gasteiger partial charge is 0.368 e. The number of halogens is 3. The zero-order valence-corrected chi connectivity index (χ0v) is 11.8. The molecule has 4 nitrogen and oxygen atoms in total. The maximum absolute atomic E-state index is 11.9. The summed E-state index contributed by atoms with van der Waals surface area (Å²) in [4.78, 5) is 11.2. The van der Waals surface area contributed by atoms with Gasteiger partial charge in [-0.25, -0.2) is 0 Å². The van der Waals surface area contributed by atoms with Crippen LogP contribution in [-0.4, -0.2) is 43.9 Å². The summed E-state index contributed by atoms with van der Waals surface area (Å²) in [7, 11) is 0. The molecule has 118 valence electrons. The van der Waals surface area contributed by atoms with E-state index in [0.717, 1.165) is 38.6 Å². The highest BCUT2D eigenvalue weighted by atomic mass is 19.4. The van der Waals surface area contributed by atoms with Crippen molar-refractivity contribution in [1.82, 2.24) is 10.6 Å². The molecule has 1 amide bonds. The first-order valence-electron chi connectivity index (χ1n) is 7.09. The molecule has 0 aliphatic heterocycles. The van der Waals surface area contributed by atoms with Crippen LogP contribution >= 0.6 is 0 Å². The lowest BCUT2D eigenvalue weighted by Gasteiger charge is -2.29. The number of rotatable bonds is 7. The lowest BCUT2D eigenvalue weighted by Crippen LogP contribution is -2.39. The van der Waals surface area contributed by atoms with Crippen LogP contribution < -0.4 is 10.6 Å². The van der Waals surface area contributed by atoms with Gasteiger partial charge in [-0.05, 0) is 38.6 Å². The summed E-state index contributed by atoms with van der Waals surface area (Å²) >= 11 is 0. The van der Waals surface area contributed by atoms with E-state index in [0.29, 0.717) is 6.04 Å². The van der Waals surface area contributed by atoms with E-state index in [1.54, 1.807) is 5.32 Å². The Hall–Kier alpha value is -0.820. The van der Waals surface area contributed by atoms with E-state index in [9.17, 15) is 18.0 Å². The second-order valence-electron chi connectivity index (χ2n) is 5.13. The molecule has 0 bridgehead atoms. The average Bonchev–Trinajstić information content (AvgIpc) is 2.41. The van der Waals surface area contributed by atoms with Crippen molar-refractivity contribution >= 4 is 5.91 Å². The lowest BCUT2D eigenvalue weighted by atomic mass is 9.93. The van der Waals surface area contributed by atoms with Crippen molar-refractivity contribution in [2.75, 3.05) is 19.7 Å². The molecule has 1 fully saturated rings. The topological polar surface area (TPSA) is 50.4 Å². The van der Waals surface area contributed by atoms with Gasteiger partial charge in [-0.1, -0.05) is 6.92 Å². The molecule has 2 N–H and O–H groups in total. The molecular formula is C13H23F3N2O2. The summed E-state index contributed by atoms with van der Waals surface area (Å²) in [5, 5.41) is 5.23. The molecule has 1 saturated carbocycles.